The van der Waals surface area contributed by atoms with Crippen molar-refractivity contribution in [2.24, 2.45) is 0 Å². The van der Waals surface area contributed by atoms with Gasteiger partial charge in [0.25, 0.3) is 0 Å². The first-order chi connectivity index (χ1) is 12.2. The number of morpholine rings is 1. The summed E-state index contributed by atoms with van der Waals surface area (Å²) in [4.78, 5) is 6.66. The maximum atomic E-state index is 6.17. The Hall–Kier alpha value is -1.76. The Bertz CT molecular complexity index is 684. The Labute approximate surface area is 148 Å². The summed E-state index contributed by atoms with van der Waals surface area (Å²) in [5, 5.41) is 4.08. The Morgan fingerprint density at radius 2 is 2.24 bits per heavy atom. The van der Waals surface area contributed by atoms with E-state index in [4.69, 9.17) is 14.0 Å². The van der Waals surface area contributed by atoms with Crippen molar-refractivity contribution in [1.82, 2.24) is 15.0 Å². The Morgan fingerprint density at radius 1 is 1.32 bits per heavy atom. The van der Waals surface area contributed by atoms with Crippen LogP contribution in [0.1, 0.15) is 35.4 Å². The van der Waals surface area contributed by atoms with E-state index in [2.05, 4.69) is 15.0 Å². The number of hydrogen-bond donors (Lipinski definition) is 0. The van der Waals surface area contributed by atoms with Gasteiger partial charge < -0.3 is 14.0 Å². The quantitative estimate of drug-likeness (QED) is 0.832. The molecule has 134 valence electrons. The highest BCUT2D eigenvalue weighted by atomic mass is 16.5. The molecule has 0 unspecified atom stereocenters. The molecule has 2 aromatic heterocycles. The number of pyridine rings is 1. The van der Waals surface area contributed by atoms with Crippen molar-refractivity contribution < 1.29 is 14.0 Å². The lowest BCUT2D eigenvalue weighted by Gasteiger charge is -2.39. The van der Waals surface area contributed by atoms with Crippen molar-refractivity contribution in [3.8, 4) is 0 Å². The number of rotatable bonds is 5. The van der Waals surface area contributed by atoms with Gasteiger partial charge in [0, 0.05) is 37.1 Å². The molecule has 1 saturated heterocycles. The van der Waals surface area contributed by atoms with Crippen LogP contribution in [-0.4, -0.2) is 46.4 Å². The number of fused-ring (bicyclic) bond motifs is 1. The third-order valence-electron chi connectivity index (χ3n) is 5.38. The largest absolute Gasteiger partial charge is 0.373 e. The third-order valence-corrected chi connectivity index (χ3v) is 5.38. The molecule has 3 heterocycles. The van der Waals surface area contributed by atoms with Crippen LogP contribution in [0.2, 0.25) is 0 Å². The maximum absolute atomic E-state index is 6.17. The Balaban J connectivity index is 1.40. The van der Waals surface area contributed by atoms with Crippen LogP contribution in [0.3, 0.4) is 0 Å². The van der Waals surface area contributed by atoms with E-state index in [1.54, 1.807) is 6.20 Å². The van der Waals surface area contributed by atoms with Crippen LogP contribution in [0.4, 0.5) is 0 Å². The molecule has 1 aliphatic heterocycles. The van der Waals surface area contributed by atoms with Crippen LogP contribution in [-0.2, 0) is 22.6 Å². The van der Waals surface area contributed by atoms with E-state index < -0.39 is 0 Å². The lowest BCUT2D eigenvalue weighted by atomic mass is 10.1. The van der Waals surface area contributed by atoms with Crippen LogP contribution < -0.4 is 0 Å². The van der Waals surface area contributed by atoms with Crippen molar-refractivity contribution >= 4 is 0 Å². The summed E-state index contributed by atoms with van der Waals surface area (Å²) in [6.45, 7) is 7.16. The highest BCUT2D eigenvalue weighted by Crippen LogP contribution is 2.34. The average Bonchev–Trinajstić information content (AvgIpc) is 3.20. The minimum Gasteiger partial charge on any atom is -0.373 e. The van der Waals surface area contributed by atoms with Crippen molar-refractivity contribution in [2.75, 3.05) is 13.2 Å². The highest BCUT2D eigenvalue weighted by Gasteiger charge is 2.43. The molecular formula is C19H25N3O3. The summed E-state index contributed by atoms with van der Waals surface area (Å²) in [7, 11) is 0. The summed E-state index contributed by atoms with van der Waals surface area (Å²) < 4.78 is 17.6. The molecule has 4 rings (SSSR count). The molecule has 2 aliphatic rings. The van der Waals surface area contributed by atoms with E-state index in [9.17, 15) is 0 Å². The van der Waals surface area contributed by atoms with Gasteiger partial charge in [-0.2, -0.15) is 0 Å². The van der Waals surface area contributed by atoms with Crippen molar-refractivity contribution in [1.29, 1.82) is 0 Å². The summed E-state index contributed by atoms with van der Waals surface area (Å²) in [5.74, 6) is 0.919. The van der Waals surface area contributed by atoms with Gasteiger partial charge in [-0.05, 0) is 38.3 Å². The second-order valence-electron chi connectivity index (χ2n) is 6.96. The highest BCUT2D eigenvalue weighted by molar-refractivity contribution is 5.21. The van der Waals surface area contributed by atoms with Gasteiger partial charge in [0.15, 0.2) is 0 Å². The zero-order valence-electron chi connectivity index (χ0n) is 14.9. The number of ether oxygens (including phenoxy) is 2. The van der Waals surface area contributed by atoms with E-state index in [1.807, 2.05) is 32.2 Å². The van der Waals surface area contributed by atoms with Crippen LogP contribution in [0.25, 0.3) is 0 Å². The van der Waals surface area contributed by atoms with E-state index in [-0.39, 0.29) is 12.2 Å². The third kappa shape index (κ3) is 3.47. The normalized spacial score (nSPS) is 26.7. The fourth-order valence-electron chi connectivity index (χ4n) is 3.98. The molecule has 3 atom stereocenters. The average molecular weight is 343 g/mol. The standard InChI is InChI=1S/C19H25N3O3/c1-13-16(14(2)25-21-13)11-22-8-9-23-19-17(22)5-6-18(19)24-12-15-4-3-7-20-10-15/h3-4,7,10,17-19H,5-6,8-9,11-12H2,1-2H3/t17-,18-,19+/m0/s1. The van der Waals surface area contributed by atoms with Gasteiger partial charge in [-0.1, -0.05) is 11.2 Å². The van der Waals surface area contributed by atoms with Crippen LogP contribution in [0.5, 0.6) is 0 Å². The van der Waals surface area contributed by atoms with Gasteiger partial charge >= 0.3 is 0 Å². The first kappa shape index (κ1) is 16.7. The molecule has 25 heavy (non-hydrogen) atoms. The summed E-state index contributed by atoms with van der Waals surface area (Å²) in [6.07, 6.45) is 6.08. The van der Waals surface area contributed by atoms with E-state index in [0.717, 1.165) is 49.6 Å². The van der Waals surface area contributed by atoms with E-state index in [1.165, 1.54) is 5.56 Å². The molecule has 0 N–H and O–H groups in total. The number of aromatic nitrogens is 2. The fraction of sp³-hybridized carbons (Fsp3) is 0.579. The molecule has 6 heteroatoms. The predicted molar refractivity (Wildman–Crippen MR) is 92.0 cm³/mol. The van der Waals surface area contributed by atoms with Gasteiger partial charge in [-0.25, -0.2) is 0 Å². The summed E-state index contributed by atoms with van der Waals surface area (Å²) in [6, 6.07) is 4.39. The molecular weight excluding hydrogens is 318 g/mol. The Kier molecular flexibility index (Phi) is 4.83. The topological polar surface area (TPSA) is 60.6 Å². The molecule has 0 bridgehead atoms. The zero-order valence-corrected chi connectivity index (χ0v) is 14.9. The predicted octanol–water partition coefficient (Wildman–Crippen LogP) is 2.64. The van der Waals surface area contributed by atoms with Gasteiger partial charge in [0.05, 0.1) is 31.1 Å². The summed E-state index contributed by atoms with van der Waals surface area (Å²) >= 11 is 0. The van der Waals surface area contributed by atoms with Gasteiger partial charge in [0.2, 0.25) is 0 Å². The van der Waals surface area contributed by atoms with Gasteiger partial charge in [-0.3, -0.25) is 9.88 Å². The second kappa shape index (κ2) is 7.23. The molecule has 1 saturated carbocycles. The minimum absolute atomic E-state index is 0.144. The van der Waals surface area contributed by atoms with E-state index >= 15 is 0 Å². The van der Waals surface area contributed by atoms with Crippen molar-refractivity contribution in [3.63, 3.8) is 0 Å². The lowest BCUT2D eigenvalue weighted by molar-refractivity contribution is -0.118. The number of hydrogen-bond acceptors (Lipinski definition) is 6. The smallest absolute Gasteiger partial charge is 0.138 e. The molecule has 2 fully saturated rings. The first-order valence-corrected chi connectivity index (χ1v) is 9.00. The molecule has 0 radical (unpaired) electrons. The van der Waals surface area contributed by atoms with Crippen molar-refractivity contribution in [2.45, 2.75) is 58.1 Å². The Morgan fingerprint density at radius 3 is 3.00 bits per heavy atom. The molecule has 2 aromatic rings. The maximum Gasteiger partial charge on any atom is 0.138 e. The van der Waals surface area contributed by atoms with Gasteiger partial charge in [0.1, 0.15) is 5.76 Å². The van der Waals surface area contributed by atoms with Gasteiger partial charge in [-0.15, -0.1) is 0 Å². The fourth-order valence-corrected chi connectivity index (χ4v) is 3.98. The number of aryl methyl sites for hydroxylation is 2. The van der Waals surface area contributed by atoms with Crippen LogP contribution in [0, 0.1) is 13.8 Å². The molecule has 0 aromatic carbocycles. The number of nitrogens with zero attached hydrogens (tertiary/aromatic N) is 3. The van der Waals surface area contributed by atoms with E-state index in [0.29, 0.717) is 12.6 Å². The SMILES string of the molecule is Cc1noc(C)c1CN1CCO[C@H]2[C@@H](OCc3cccnc3)CC[C@@H]21. The zero-order chi connectivity index (χ0) is 17.2. The van der Waals surface area contributed by atoms with Crippen LogP contribution >= 0.6 is 0 Å². The molecule has 0 spiro atoms. The monoisotopic (exact) mass is 343 g/mol. The molecule has 1 aliphatic carbocycles. The second-order valence-corrected chi connectivity index (χ2v) is 6.96. The lowest BCUT2D eigenvalue weighted by Crippen LogP contribution is -2.51. The molecule has 0 amide bonds. The van der Waals surface area contributed by atoms with Crippen LogP contribution in [0.15, 0.2) is 29.0 Å². The molecule has 6 nitrogen and oxygen atoms in total. The first-order valence-electron chi connectivity index (χ1n) is 9.00. The summed E-state index contributed by atoms with van der Waals surface area (Å²) in [5.41, 5.74) is 3.30. The minimum atomic E-state index is 0.144. The van der Waals surface area contributed by atoms with Crippen molar-refractivity contribution in [3.05, 3.63) is 47.1 Å².